The maximum Gasteiger partial charge on any atom is 0.264 e. The fourth-order valence-corrected chi connectivity index (χ4v) is 3.43. The highest BCUT2D eigenvalue weighted by molar-refractivity contribution is 7.86. The number of hydrogen-bond acceptors (Lipinski definition) is 4. The van der Waals surface area contributed by atoms with Crippen LogP contribution in [-0.4, -0.2) is 26.8 Å². The van der Waals surface area contributed by atoms with E-state index in [4.69, 9.17) is 9.71 Å². The standard InChI is InChI=1S/C12H23N3O3S/c1-3-11(18-19(2,16)17)9-10-7-5-4-6-8-12(10)14-15-13/h10-12H,3-9H2,1-2H3/t10-,11-,12-/m0/s1. The molecule has 0 aromatic heterocycles. The van der Waals surface area contributed by atoms with Gasteiger partial charge in [0.15, 0.2) is 0 Å². The third kappa shape index (κ3) is 6.27. The van der Waals surface area contributed by atoms with Gasteiger partial charge in [0.1, 0.15) is 0 Å². The average Bonchev–Trinajstić information content (AvgIpc) is 2.53. The zero-order valence-corrected chi connectivity index (χ0v) is 12.5. The maximum absolute atomic E-state index is 11.2. The molecule has 0 spiro atoms. The molecule has 0 heterocycles. The second kappa shape index (κ2) is 7.72. The van der Waals surface area contributed by atoms with Crippen LogP contribution >= 0.6 is 0 Å². The molecule has 0 saturated heterocycles. The lowest BCUT2D eigenvalue weighted by Gasteiger charge is -2.25. The Morgan fingerprint density at radius 3 is 2.63 bits per heavy atom. The number of azide groups is 1. The van der Waals surface area contributed by atoms with Crippen LogP contribution in [0.3, 0.4) is 0 Å². The average molecular weight is 289 g/mol. The Bertz CT molecular complexity index is 418. The minimum atomic E-state index is -3.43. The first kappa shape index (κ1) is 16.3. The Morgan fingerprint density at radius 2 is 2.05 bits per heavy atom. The third-order valence-electron chi connectivity index (χ3n) is 3.65. The van der Waals surface area contributed by atoms with Crippen LogP contribution in [0.1, 0.15) is 51.9 Å². The molecule has 1 saturated carbocycles. The van der Waals surface area contributed by atoms with E-state index in [-0.39, 0.29) is 18.1 Å². The van der Waals surface area contributed by atoms with Crippen molar-refractivity contribution < 1.29 is 12.6 Å². The van der Waals surface area contributed by atoms with Gasteiger partial charge in [0.2, 0.25) is 0 Å². The molecule has 0 N–H and O–H groups in total. The van der Waals surface area contributed by atoms with Crippen molar-refractivity contribution in [3.05, 3.63) is 10.4 Å². The summed E-state index contributed by atoms with van der Waals surface area (Å²) in [6.07, 6.45) is 7.26. The second-order valence-corrected chi connectivity index (χ2v) is 6.84. The molecule has 0 unspecified atom stereocenters. The minimum absolute atomic E-state index is 0.0234. The Kier molecular flexibility index (Phi) is 6.62. The van der Waals surface area contributed by atoms with Gasteiger partial charge in [0, 0.05) is 11.0 Å². The van der Waals surface area contributed by atoms with Crippen molar-refractivity contribution in [1.29, 1.82) is 0 Å². The number of hydrogen-bond donors (Lipinski definition) is 0. The molecular weight excluding hydrogens is 266 g/mol. The van der Waals surface area contributed by atoms with E-state index in [9.17, 15) is 8.42 Å². The van der Waals surface area contributed by atoms with Crippen molar-refractivity contribution in [3.8, 4) is 0 Å². The largest absolute Gasteiger partial charge is 0.267 e. The molecule has 1 fully saturated rings. The lowest BCUT2D eigenvalue weighted by atomic mass is 9.89. The van der Waals surface area contributed by atoms with E-state index in [2.05, 4.69) is 10.0 Å². The molecule has 0 aliphatic heterocycles. The van der Waals surface area contributed by atoms with Gasteiger partial charge in [-0.15, -0.1) is 0 Å². The maximum atomic E-state index is 11.2. The predicted molar refractivity (Wildman–Crippen MR) is 74.1 cm³/mol. The molecular formula is C12H23N3O3S. The van der Waals surface area contributed by atoms with Crippen molar-refractivity contribution in [2.24, 2.45) is 11.0 Å². The zero-order valence-electron chi connectivity index (χ0n) is 11.7. The SMILES string of the molecule is CC[C@@H](C[C@@H]1CCCCC[C@@H]1N=[N+]=[N-])OS(C)(=O)=O. The lowest BCUT2D eigenvalue weighted by Crippen LogP contribution is -2.25. The first-order valence-corrected chi connectivity index (χ1v) is 8.70. The Balaban J connectivity index is 2.70. The summed E-state index contributed by atoms with van der Waals surface area (Å²) in [7, 11) is -3.43. The van der Waals surface area contributed by atoms with Crippen LogP contribution in [0.15, 0.2) is 5.11 Å². The molecule has 1 rings (SSSR count). The first-order chi connectivity index (χ1) is 8.96. The monoisotopic (exact) mass is 289 g/mol. The van der Waals surface area contributed by atoms with E-state index in [1.165, 1.54) is 0 Å². The topological polar surface area (TPSA) is 92.1 Å². The fourth-order valence-electron chi connectivity index (χ4n) is 2.72. The summed E-state index contributed by atoms with van der Waals surface area (Å²) in [5, 5.41) is 3.88. The van der Waals surface area contributed by atoms with Gasteiger partial charge in [-0.2, -0.15) is 8.42 Å². The van der Waals surface area contributed by atoms with Crippen LogP contribution in [0.4, 0.5) is 0 Å². The van der Waals surface area contributed by atoms with Crippen molar-refractivity contribution in [1.82, 2.24) is 0 Å². The van der Waals surface area contributed by atoms with Crippen LogP contribution in [0, 0.1) is 5.92 Å². The Morgan fingerprint density at radius 1 is 1.37 bits per heavy atom. The molecule has 6 nitrogen and oxygen atoms in total. The molecule has 110 valence electrons. The Labute approximate surface area is 115 Å². The summed E-state index contributed by atoms with van der Waals surface area (Å²) >= 11 is 0. The number of nitrogens with zero attached hydrogens (tertiary/aromatic N) is 3. The van der Waals surface area contributed by atoms with Crippen LogP contribution in [-0.2, 0) is 14.3 Å². The summed E-state index contributed by atoms with van der Waals surface area (Å²) in [5.74, 6) is 0.227. The Hall–Kier alpha value is -0.780. The molecule has 0 aromatic carbocycles. The molecule has 0 aromatic rings. The van der Waals surface area contributed by atoms with Crippen LogP contribution < -0.4 is 0 Å². The zero-order chi connectivity index (χ0) is 14.3. The van der Waals surface area contributed by atoms with Gasteiger partial charge < -0.3 is 0 Å². The summed E-state index contributed by atoms with van der Waals surface area (Å²) in [4.78, 5) is 2.92. The van der Waals surface area contributed by atoms with Gasteiger partial charge in [-0.05, 0) is 37.1 Å². The third-order valence-corrected chi connectivity index (χ3v) is 4.27. The highest BCUT2D eigenvalue weighted by atomic mass is 32.2. The van der Waals surface area contributed by atoms with Crippen LogP contribution in [0.25, 0.3) is 10.4 Å². The van der Waals surface area contributed by atoms with E-state index < -0.39 is 10.1 Å². The van der Waals surface area contributed by atoms with Crippen molar-refractivity contribution in [3.63, 3.8) is 0 Å². The summed E-state index contributed by atoms with van der Waals surface area (Å²) < 4.78 is 27.5. The molecule has 7 heteroatoms. The van der Waals surface area contributed by atoms with Crippen molar-refractivity contribution in [2.45, 2.75) is 64.0 Å². The van der Waals surface area contributed by atoms with Crippen LogP contribution in [0.2, 0.25) is 0 Å². The van der Waals surface area contributed by atoms with E-state index in [0.29, 0.717) is 12.8 Å². The molecule has 0 radical (unpaired) electrons. The van der Waals surface area contributed by atoms with Crippen LogP contribution in [0.5, 0.6) is 0 Å². The predicted octanol–water partition coefficient (Wildman–Crippen LogP) is 3.39. The quantitative estimate of drug-likeness (QED) is 0.246. The summed E-state index contributed by atoms with van der Waals surface area (Å²) in [5.41, 5.74) is 8.64. The van der Waals surface area contributed by atoms with Gasteiger partial charge in [-0.3, -0.25) is 4.18 Å². The highest BCUT2D eigenvalue weighted by Crippen LogP contribution is 2.31. The molecule has 3 atom stereocenters. The van der Waals surface area contributed by atoms with Gasteiger partial charge in [-0.1, -0.05) is 31.3 Å². The molecule has 1 aliphatic rings. The van der Waals surface area contributed by atoms with Crippen molar-refractivity contribution >= 4 is 10.1 Å². The number of rotatable bonds is 6. The van der Waals surface area contributed by atoms with Gasteiger partial charge >= 0.3 is 0 Å². The highest BCUT2D eigenvalue weighted by Gasteiger charge is 2.27. The van der Waals surface area contributed by atoms with E-state index in [1.54, 1.807) is 0 Å². The van der Waals surface area contributed by atoms with Gasteiger partial charge in [0.05, 0.1) is 12.4 Å². The molecule has 0 bridgehead atoms. The second-order valence-electron chi connectivity index (χ2n) is 5.24. The first-order valence-electron chi connectivity index (χ1n) is 6.88. The van der Waals surface area contributed by atoms with Gasteiger partial charge in [0.25, 0.3) is 10.1 Å². The molecule has 19 heavy (non-hydrogen) atoms. The van der Waals surface area contributed by atoms with E-state index in [0.717, 1.165) is 38.4 Å². The molecule has 1 aliphatic carbocycles. The minimum Gasteiger partial charge on any atom is -0.267 e. The lowest BCUT2D eigenvalue weighted by molar-refractivity contribution is 0.159. The molecule has 0 amide bonds. The summed E-state index contributed by atoms with van der Waals surface area (Å²) in [6.45, 7) is 1.91. The van der Waals surface area contributed by atoms with E-state index >= 15 is 0 Å². The fraction of sp³-hybridized carbons (Fsp3) is 1.00. The van der Waals surface area contributed by atoms with E-state index in [1.807, 2.05) is 6.92 Å². The smallest absolute Gasteiger partial charge is 0.264 e. The normalized spacial score (nSPS) is 26.2. The summed E-state index contributed by atoms with van der Waals surface area (Å²) in [6, 6.07) is -0.0234. The van der Waals surface area contributed by atoms with Crippen molar-refractivity contribution in [2.75, 3.05) is 6.26 Å². The van der Waals surface area contributed by atoms with Gasteiger partial charge in [-0.25, -0.2) is 0 Å².